The highest BCUT2D eigenvalue weighted by atomic mass is 16.6. The van der Waals surface area contributed by atoms with Crippen LogP contribution in [-0.4, -0.2) is 34.5 Å². The Morgan fingerprint density at radius 2 is 1.87 bits per heavy atom. The number of hydrogen-bond acceptors (Lipinski definition) is 6. The molecule has 1 aromatic carbocycles. The molecule has 0 radical (unpaired) electrons. The zero-order chi connectivity index (χ0) is 22.0. The van der Waals surface area contributed by atoms with E-state index in [1.54, 1.807) is 55.8 Å². The summed E-state index contributed by atoms with van der Waals surface area (Å²) in [5.74, 6) is -1.83. The summed E-state index contributed by atoms with van der Waals surface area (Å²) < 4.78 is 5.22. The number of aldehydes is 1. The molecule has 0 amide bonds. The smallest absolute Gasteiger partial charge is 0.226 e. The van der Waals surface area contributed by atoms with Crippen LogP contribution in [0.1, 0.15) is 49.3 Å². The van der Waals surface area contributed by atoms with Crippen LogP contribution < -0.4 is 4.74 Å². The molecule has 0 saturated heterocycles. The summed E-state index contributed by atoms with van der Waals surface area (Å²) in [6.45, 7) is 0. The maximum absolute atomic E-state index is 12.5. The van der Waals surface area contributed by atoms with E-state index in [1.807, 2.05) is 0 Å². The fourth-order valence-electron chi connectivity index (χ4n) is 5.95. The number of pyridine rings is 1. The SMILES string of the molecule is COc1ccc([C@H]2[C@H]([N+](=O)[O-])[C@H](C3CCCCC3)[C@@](O)(c3ccccn3)[C@@H]2C=O)cc1. The van der Waals surface area contributed by atoms with Gasteiger partial charge in [0.05, 0.1) is 30.6 Å². The molecule has 0 unspecified atom stereocenters. The van der Waals surface area contributed by atoms with Crippen molar-refractivity contribution in [2.24, 2.45) is 17.8 Å². The third kappa shape index (κ3) is 3.61. The Morgan fingerprint density at radius 3 is 2.42 bits per heavy atom. The second kappa shape index (κ2) is 8.75. The van der Waals surface area contributed by atoms with Gasteiger partial charge < -0.3 is 14.6 Å². The summed E-state index contributed by atoms with van der Waals surface area (Å²) in [5.41, 5.74) is -0.703. The predicted octanol–water partition coefficient (Wildman–Crippen LogP) is 3.73. The fourth-order valence-corrected chi connectivity index (χ4v) is 5.95. The molecule has 0 bridgehead atoms. The number of benzene rings is 1. The van der Waals surface area contributed by atoms with Crippen molar-refractivity contribution >= 4 is 6.29 Å². The third-order valence-corrected chi connectivity index (χ3v) is 7.26. The number of hydrogen-bond donors (Lipinski definition) is 1. The van der Waals surface area contributed by atoms with Gasteiger partial charge in [0.1, 0.15) is 17.6 Å². The first-order valence-corrected chi connectivity index (χ1v) is 10.9. The number of aromatic nitrogens is 1. The van der Waals surface area contributed by atoms with Crippen molar-refractivity contribution in [2.75, 3.05) is 7.11 Å². The monoisotopic (exact) mass is 424 g/mol. The second-order valence-corrected chi connectivity index (χ2v) is 8.70. The van der Waals surface area contributed by atoms with Crippen molar-refractivity contribution in [3.05, 3.63) is 70.0 Å². The highest BCUT2D eigenvalue weighted by molar-refractivity contribution is 5.62. The summed E-state index contributed by atoms with van der Waals surface area (Å²) in [6, 6.07) is 11.1. The van der Waals surface area contributed by atoms with Crippen LogP contribution in [0.2, 0.25) is 0 Å². The molecule has 164 valence electrons. The van der Waals surface area contributed by atoms with Gasteiger partial charge in [-0.05, 0) is 48.6 Å². The van der Waals surface area contributed by atoms with E-state index in [-0.39, 0.29) is 10.8 Å². The van der Waals surface area contributed by atoms with E-state index in [0.29, 0.717) is 23.3 Å². The minimum absolute atomic E-state index is 0.0399. The molecule has 0 aliphatic heterocycles. The Kier molecular flexibility index (Phi) is 6.05. The molecule has 2 aliphatic carbocycles. The number of carbonyl (C=O) groups is 1. The van der Waals surface area contributed by atoms with Gasteiger partial charge in [0.2, 0.25) is 6.04 Å². The minimum Gasteiger partial charge on any atom is -0.497 e. The van der Waals surface area contributed by atoms with Crippen molar-refractivity contribution in [3.8, 4) is 5.75 Å². The topological polar surface area (TPSA) is 103 Å². The Bertz CT molecular complexity index is 913. The van der Waals surface area contributed by atoms with Gasteiger partial charge in [-0.2, -0.15) is 0 Å². The van der Waals surface area contributed by atoms with Crippen molar-refractivity contribution in [3.63, 3.8) is 0 Å². The first kappa shape index (κ1) is 21.4. The molecule has 4 rings (SSSR count). The van der Waals surface area contributed by atoms with Gasteiger partial charge in [-0.3, -0.25) is 15.1 Å². The van der Waals surface area contributed by atoms with Gasteiger partial charge in [0.25, 0.3) is 0 Å². The lowest BCUT2D eigenvalue weighted by Gasteiger charge is -2.38. The number of carbonyl (C=O) groups excluding carboxylic acids is 1. The van der Waals surface area contributed by atoms with E-state index in [2.05, 4.69) is 4.98 Å². The van der Waals surface area contributed by atoms with Crippen LogP contribution in [0.4, 0.5) is 0 Å². The lowest BCUT2D eigenvalue weighted by Crippen LogP contribution is -2.46. The number of aliphatic hydroxyl groups is 1. The maximum Gasteiger partial charge on any atom is 0.226 e. The Labute approximate surface area is 181 Å². The Hall–Kier alpha value is -2.80. The average molecular weight is 424 g/mol. The Morgan fingerprint density at radius 1 is 1.16 bits per heavy atom. The summed E-state index contributed by atoms with van der Waals surface area (Å²) >= 11 is 0. The minimum atomic E-state index is -1.70. The maximum atomic E-state index is 12.5. The predicted molar refractivity (Wildman–Crippen MR) is 114 cm³/mol. The lowest BCUT2D eigenvalue weighted by molar-refractivity contribution is -0.536. The van der Waals surface area contributed by atoms with Crippen LogP contribution in [0, 0.1) is 27.9 Å². The van der Waals surface area contributed by atoms with Crippen molar-refractivity contribution < 1.29 is 19.6 Å². The molecule has 7 heteroatoms. The number of nitro groups is 1. The van der Waals surface area contributed by atoms with Crippen molar-refractivity contribution in [2.45, 2.75) is 49.7 Å². The second-order valence-electron chi connectivity index (χ2n) is 8.70. The van der Waals surface area contributed by atoms with Crippen molar-refractivity contribution in [1.82, 2.24) is 4.98 Å². The van der Waals surface area contributed by atoms with E-state index in [9.17, 15) is 20.0 Å². The third-order valence-electron chi connectivity index (χ3n) is 7.26. The summed E-state index contributed by atoms with van der Waals surface area (Å²) in [7, 11) is 1.55. The van der Waals surface area contributed by atoms with E-state index >= 15 is 0 Å². The van der Waals surface area contributed by atoms with Gasteiger partial charge in [0.15, 0.2) is 0 Å². The van der Waals surface area contributed by atoms with Crippen LogP contribution in [0.3, 0.4) is 0 Å². The number of rotatable bonds is 6. The van der Waals surface area contributed by atoms with Crippen LogP contribution in [-0.2, 0) is 10.4 Å². The normalized spacial score (nSPS) is 31.3. The first-order chi connectivity index (χ1) is 15.0. The molecule has 1 aromatic heterocycles. The zero-order valence-corrected chi connectivity index (χ0v) is 17.6. The molecule has 1 heterocycles. The number of methoxy groups -OCH3 is 1. The highest BCUT2D eigenvalue weighted by Gasteiger charge is 2.68. The molecule has 2 aliphatic rings. The van der Waals surface area contributed by atoms with Crippen molar-refractivity contribution in [1.29, 1.82) is 0 Å². The fraction of sp³-hybridized carbons (Fsp3) is 0.500. The lowest BCUT2D eigenvalue weighted by atomic mass is 9.69. The molecule has 7 nitrogen and oxygen atoms in total. The molecule has 2 aromatic rings. The molecular formula is C24H28N2O5. The number of ether oxygens (including phenoxy) is 1. The van der Waals surface area contributed by atoms with Gasteiger partial charge in [-0.25, -0.2) is 0 Å². The van der Waals surface area contributed by atoms with E-state index in [0.717, 1.165) is 32.1 Å². The van der Waals surface area contributed by atoms with Gasteiger partial charge in [-0.1, -0.05) is 37.5 Å². The molecule has 2 fully saturated rings. The van der Waals surface area contributed by atoms with Crippen LogP contribution in [0.25, 0.3) is 0 Å². The summed E-state index contributed by atoms with van der Waals surface area (Å²) in [4.78, 5) is 29.0. The molecule has 0 spiro atoms. The standard InChI is InChI=1S/C24H28N2O5/c1-31-18-12-10-16(11-13-18)21-19(15-27)24(28,20-9-5-6-14-25-20)22(23(21)26(29)30)17-7-3-2-4-8-17/h5-6,9-15,17,19,21-23,28H,2-4,7-8H2,1H3/t19-,21-,22+,23+,24+/m1/s1. The quantitative estimate of drug-likeness (QED) is 0.431. The molecule has 2 saturated carbocycles. The van der Waals surface area contributed by atoms with E-state index in [1.165, 1.54) is 0 Å². The van der Waals surface area contributed by atoms with Crippen LogP contribution in [0.5, 0.6) is 5.75 Å². The molecule has 5 atom stereocenters. The van der Waals surface area contributed by atoms with E-state index in [4.69, 9.17) is 4.74 Å². The number of nitrogens with zero attached hydrogens (tertiary/aromatic N) is 2. The first-order valence-electron chi connectivity index (χ1n) is 10.9. The summed E-state index contributed by atoms with van der Waals surface area (Å²) in [6.07, 6.45) is 6.92. The molecule has 31 heavy (non-hydrogen) atoms. The van der Waals surface area contributed by atoms with Gasteiger partial charge in [-0.15, -0.1) is 0 Å². The molecule has 1 N–H and O–H groups in total. The highest BCUT2D eigenvalue weighted by Crippen LogP contribution is 2.58. The largest absolute Gasteiger partial charge is 0.497 e. The summed E-state index contributed by atoms with van der Waals surface area (Å²) in [5, 5.41) is 24.6. The van der Waals surface area contributed by atoms with Crippen LogP contribution >= 0.6 is 0 Å². The van der Waals surface area contributed by atoms with E-state index < -0.39 is 29.4 Å². The van der Waals surface area contributed by atoms with Crippen LogP contribution in [0.15, 0.2) is 48.7 Å². The van der Waals surface area contributed by atoms with Gasteiger partial charge >= 0.3 is 0 Å². The Balaban J connectivity index is 1.90. The average Bonchev–Trinajstić information content (AvgIpc) is 3.10. The van der Waals surface area contributed by atoms with Gasteiger partial charge in [0, 0.05) is 11.1 Å². The molecular weight excluding hydrogens is 396 g/mol. The zero-order valence-electron chi connectivity index (χ0n) is 17.6.